The molecule has 0 saturated carbocycles. The Labute approximate surface area is 110 Å². The van der Waals surface area contributed by atoms with E-state index < -0.39 is 23.4 Å². The lowest BCUT2D eigenvalue weighted by atomic mass is 10.2. The highest BCUT2D eigenvalue weighted by Gasteiger charge is 2.24. The molecule has 0 atom stereocenters. The Morgan fingerprint density at radius 2 is 1.89 bits per heavy atom. The number of nitrogens with zero attached hydrogens (tertiary/aromatic N) is 2. The number of aromatic nitrogens is 2. The third kappa shape index (κ3) is 3.24. The van der Waals surface area contributed by atoms with Crippen LogP contribution in [0.25, 0.3) is 0 Å². The Kier molecular flexibility index (Phi) is 4.18. The highest BCUT2D eigenvalue weighted by molar-refractivity contribution is 5.88. The summed E-state index contributed by atoms with van der Waals surface area (Å²) in [6, 6.07) is 0. The van der Waals surface area contributed by atoms with E-state index in [0.717, 1.165) is 15.3 Å². The maximum atomic E-state index is 12.0. The highest BCUT2D eigenvalue weighted by Crippen LogP contribution is 2.09. The van der Waals surface area contributed by atoms with Crippen molar-refractivity contribution in [1.82, 2.24) is 9.13 Å². The van der Waals surface area contributed by atoms with Gasteiger partial charge in [0.25, 0.3) is 0 Å². The first-order valence-electron chi connectivity index (χ1n) is 5.85. The van der Waals surface area contributed by atoms with Crippen LogP contribution in [0.5, 0.6) is 0 Å². The molecule has 0 aromatic carbocycles. The molecule has 0 spiro atoms. The topological polar surface area (TPSA) is 79.5 Å². The summed E-state index contributed by atoms with van der Waals surface area (Å²) in [5.74, 6) is -0.679. The lowest BCUT2D eigenvalue weighted by Crippen LogP contribution is -2.34. The zero-order valence-electron chi connectivity index (χ0n) is 11.7. The first kappa shape index (κ1) is 15.0. The quantitative estimate of drug-likeness (QED) is 0.755. The predicted molar refractivity (Wildman–Crippen MR) is 67.3 cm³/mol. The molecule has 0 fully saturated rings. The molecule has 7 heteroatoms. The fourth-order valence-corrected chi connectivity index (χ4v) is 1.50. The van der Waals surface area contributed by atoms with Gasteiger partial charge in [0.15, 0.2) is 0 Å². The van der Waals surface area contributed by atoms with Gasteiger partial charge in [0.2, 0.25) is 0 Å². The average molecular weight is 270 g/mol. The lowest BCUT2D eigenvalue weighted by molar-refractivity contribution is 0.0530. The molecule has 1 rings (SSSR count). The van der Waals surface area contributed by atoms with Gasteiger partial charge in [0.1, 0.15) is 11.3 Å². The van der Waals surface area contributed by atoms with Crippen molar-refractivity contribution in [2.45, 2.75) is 39.8 Å². The number of hydrogen-bond acceptors (Lipinski definition) is 5. The second-order valence-corrected chi connectivity index (χ2v) is 4.88. The summed E-state index contributed by atoms with van der Waals surface area (Å²) in [5.41, 5.74) is -1.34. The minimum absolute atomic E-state index is 0.0147. The Hall–Kier alpha value is -2.05. The van der Waals surface area contributed by atoms with Gasteiger partial charge in [-0.25, -0.2) is 19.0 Å². The Morgan fingerprint density at radius 3 is 2.32 bits per heavy atom. The van der Waals surface area contributed by atoms with Gasteiger partial charge in [-0.15, -0.1) is 0 Å². The summed E-state index contributed by atoms with van der Waals surface area (Å²) in [6.45, 7) is 7.00. The maximum Gasteiger partial charge on any atom is 0.422 e. The molecule has 0 bridgehead atoms. The van der Waals surface area contributed by atoms with E-state index in [0.29, 0.717) is 0 Å². The van der Waals surface area contributed by atoms with E-state index in [1.54, 1.807) is 27.7 Å². The molecule has 106 valence electrons. The molecule has 0 N–H and O–H groups in total. The van der Waals surface area contributed by atoms with Gasteiger partial charge in [-0.05, 0) is 27.7 Å². The van der Waals surface area contributed by atoms with Crippen molar-refractivity contribution in [3.63, 3.8) is 0 Å². The van der Waals surface area contributed by atoms with Gasteiger partial charge in [-0.1, -0.05) is 0 Å². The number of imidazole rings is 1. The largest absolute Gasteiger partial charge is 0.464 e. The van der Waals surface area contributed by atoms with Crippen molar-refractivity contribution < 1.29 is 19.1 Å². The van der Waals surface area contributed by atoms with Gasteiger partial charge >= 0.3 is 17.8 Å². The van der Waals surface area contributed by atoms with Gasteiger partial charge in [0, 0.05) is 6.54 Å². The fourth-order valence-electron chi connectivity index (χ4n) is 1.50. The highest BCUT2D eigenvalue weighted by atomic mass is 16.6. The number of carbonyl (C=O) groups excluding carboxylic acids is 2. The average Bonchev–Trinajstić information content (AvgIpc) is 2.63. The van der Waals surface area contributed by atoms with Crippen molar-refractivity contribution in [3.05, 3.63) is 22.4 Å². The molecule has 0 saturated heterocycles. The molecule has 0 radical (unpaired) electrons. The van der Waals surface area contributed by atoms with E-state index in [9.17, 15) is 14.4 Å². The Morgan fingerprint density at radius 1 is 1.32 bits per heavy atom. The number of ether oxygens (including phenoxy) is 2. The van der Waals surface area contributed by atoms with E-state index in [1.165, 1.54) is 7.11 Å². The van der Waals surface area contributed by atoms with E-state index in [4.69, 9.17) is 4.74 Å². The molecule has 0 unspecified atom stereocenters. The van der Waals surface area contributed by atoms with Crippen molar-refractivity contribution >= 4 is 12.1 Å². The van der Waals surface area contributed by atoms with Crippen LogP contribution in [0.4, 0.5) is 4.79 Å². The van der Waals surface area contributed by atoms with Crippen LogP contribution in [-0.4, -0.2) is 33.9 Å². The third-order valence-electron chi connectivity index (χ3n) is 2.28. The lowest BCUT2D eigenvalue weighted by Gasteiger charge is -2.18. The van der Waals surface area contributed by atoms with Crippen molar-refractivity contribution in [1.29, 1.82) is 0 Å². The minimum atomic E-state index is -0.824. The number of methoxy groups -OCH3 is 1. The molecule has 0 amide bonds. The normalized spacial score (nSPS) is 11.2. The Balaban J connectivity index is 3.24. The van der Waals surface area contributed by atoms with E-state index >= 15 is 0 Å². The molecule has 7 nitrogen and oxygen atoms in total. The third-order valence-corrected chi connectivity index (χ3v) is 2.28. The summed E-state index contributed by atoms with van der Waals surface area (Å²) in [5, 5.41) is 0. The molecule has 0 aliphatic carbocycles. The summed E-state index contributed by atoms with van der Waals surface area (Å²) < 4.78 is 11.6. The van der Waals surface area contributed by atoms with Crippen LogP contribution in [0.2, 0.25) is 0 Å². The molecule has 19 heavy (non-hydrogen) atoms. The fraction of sp³-hybridized carbons (Fsp3) is 0.583. The van der Waals surface area contributed by atoms with E-state index in [-0.39, 0.29) is 12.2 Å². The monoisotopic (exact) mass is 270 g/mol. The second kappa shape index (κ2) is 5.29. The predicted octanol–water partition coefficient (Wildman–Crippen LogP) is 1.24. The van der Waals surface area contributed by atoms with Gasteiger partial charge in [0.05, 0.1) is 13.3 Å². The van der Waals surface area contributed by atoms with Crippen LogP contribution in [0.1, 0.15) is 38.2 Å². The summed E-state index contributed by atoms with van der Waals surface area (Å²) in [4.78, 5) is 35.4. The molecule has 1 heterocycles. The number of esters is 1. The summed E-state index contributed by atoms with van der Waals surface area (Å²) in [6.07, 6.45) is 0.306. The standard InChI is InChI=1S/C12H18N2O5/c1-6-13-8(9(15)18-5)7-14(10(13)16)11(17)19-12(2,3)4/h7H,6H2,1-5H3. The van der Waals surface area contributed by atoms with E-state index in [2.05, 4.69) is 4.74 Å². The number of hydrogen-bond donors (Lipinski definition) is 0. The van der Waals surface area contributed by atoms with Crippen LogP contribution in [0.3, 0.4) is 0 Å². The number of rotatable bonds is 2. The molecule has 1 aromatic rings. The SMILES string of the molecule is CCn1c(C(=O)OC)cn(C(=O)OC(C)(C)C)c1=O. The van der Waals surface area contributed by atoms with Gasteiger partial charge in [-0.3, -0.25) is 4.57 Å². The molecular formula is C12H18N2O5. The van der Waals surface area contributed by atoms with Gasteiger partial charge in [-0.2, -0.15) is 0 Å². The second-order valence-electron chi connectivity index (χ2n) is 4.88. The minimum Gasteiger partial charge on any atom is -0.464 e. The summed E-state index contributed by atoms with van der Waals surface area (Å²) >= 11 is 0. The first-order chi connectivity index (χ1) is 8.71. The van der Waals surface area contributed by atoms with Crippen molar-refractivity contribution in [3.8, 4) is 0 Å². The van der Waals surface area contributed by atoms with Gasteiger partial charge < -0.3 is 9.47 Å². The van der Waals surface area contributed by atoms with Crippen LogP contribution in [0.15, 0.2) is 11.0 Å². The van der Waals surface area contributed by atoms with Crippen LogP contribution in [-0.2, 0) is 16.0 Å². The van der Waals surface area contributed by atoms with Crippen LogP contribution < -0.4 is 5.69 Å². The van der Waals surface area contributed by atoms with E-state index in [1.807, 2.05) is 0 Å². The molecular weight excluding hydrogens is 252 g/mol. The van der Waals surface area contributed by atoms with Crippen LogP contribution >= 0.6 is 0 Å². The van der Waals surface area contributed by atoms with Crippen molar-refractivity contribution in [2.75, 3.05) is 7.11 Å². The molecule has 0 aliphatic rings. The van der Waals surface area contributed by atoms with Crippen molar-refractivity contribution in [2.24, 2.45) is 0 Å². The number of carbonyl (C=O) groups is 2. The molecule has 1 aromatic heterocycles. The first-order valence-corrected chi connectivity index (χ1v) is 5.85. The smallest absolute Gasteiger partial charge is 0.422 e. The zero-order valence-corrected chi connectivity index (χ0v) is 11.7. The molecule has 0 aliphatic heterocycles. The maximum absolute atomic E-state index is 12.0. The zero-order chi connectivity index (χ0) is 14.8. The summed E-state index contributed by atoms with van der Waals surface area (Å²) in [7, 11) is 1.21. The van der Waals surface area contributed by atoms with Crippen LogP contribution in [0, 0.1) is 0 Å². The Bertz CT molecular complexity index is 547.